The molecule has 2 aromatic rings. The van der Waals surface area contributed by atoms with Crippen molar-refractivity contribution >= 4 is 23.4 Å². The number of fused-ring (bicyclic) bond motifs is 1. The number of hydrogen-bond donors (Lipinski definition) is 1. The largest absolute Gasteiger partial charge is 0.361 e. The van der Waals surface area contributed by atoms with Crippen molar-refractivity contribution in [3.8, 4) is 0 Å². The first-order valence-corrected chi connectivity index (χ1v) is 6.19. The lowest BCUT2D eigenvalue weighted by Gasteiger charge is -2.07. The molecule has 0 atom stereocenters. The molecule has 21 heavy (non-hydrogen) atoms. The van der Waals surface area contributed by atoms with E-state index in [1.54, 1.807) is 25.1 Å². The molecule has 7 heteroatoms. The van der Waals surface area contributed by atoms with E-state index in [9.17, 15) is 14.4 Å². The number of rotatable bonds is 2. The minimum absolute atomic E-state index is 0.107. The van der Waals surface area contributed by atoms with Crippen LogP contribution < -0.4 is 5.32 Å². The van der Waals surface area contributed by atoms with Gasteiger partial charge in [-0.3, -0.25) is 19.3 Å². The summed E-state index contributed by atoms with van der Waals surface area (Å²) in [5.41, 5.74) is 0.853. The molecule has 0 spiro atoms. The van der Waals surface area contributed by atoms with Gasteiger partial charge >= 0.3 is 0 Å². The molecule has 1 aromatic carbocycles. The number of amides is 3. The number of aromatic nitrogens is 1. The first kappa shape index (κ1) is 13.0. The molecule has 0 saturated heterocycles. The summed E-state index contributed by atoms with van der Waals surface area (Å²) in [5, 5.41) is 6.19. The number of carbonyl (C=O) groups excluding carboxylic acids is 3. The van der Waals surface area contributed by atoms with Gasteiger partial charge in [-0.2, -0.15) is 0 Å². The lowest BCUT2D eigenvalue weighted by Crippen LogP contribution is -2.24. The Balaban J connectivity index is 1.97. The Labute approximate surface area is 119 Å². The summed E-state index contributed by atoms with van der Waals surface area (Å²) in [5.74, 6) is -0.829. The van der Waals surface area contributed by atoms with E-state index >= 15 is 0 Å². The van der Waals surface area contributed by atoms with Gasteiger partial charge in [0.15, 0.2) is 5.69 Å². The highest BCUT2D eigenvalue weighted by Crippen LogP contribution is 2.28. The third-order valence-electron chi connectivity index (χ3n) is 3.23. The van der Waals surface area contributed by atoms with Crippen molar-refractivity contribution in [2.45, 2.75) is 6.92 Å². The molecular formula is C14H11N3O4. The number of aryl methyl sites for hydroxylation is 1. The zero-order chi connectivity index (χ0) is 15.1. The standard InChI is InChI=1S/C14H11N3O4/c1-7-6-10(16-21-7)12(18)15-9-5-3-4-8-11(9)14(20)17(2)13(8)19/h3-6H,1-2H3,(H,15,18). The van der Waals surface area contributed by atoms with Crippen molar-refractivity contribution in [1.82, 2.24) is 10.1 Å². The average Bonchev–Trinajstić information content (AvgIpc) is 2.99. The summed E-state index contributed by atoms with van der Waals surface area (Å²) in [7, 11) is 1.40. The maximum absolute atomic E-state index is 12.1. The predicted molar refractivity (Wildman–Crippen MR) is 72.1 cm³/mol. The van der Waals surface area contributed by atoms with Gasteiger partial charge in [-0.25, -0.2) is 0 Å². The van der Waals surface area contributed by atoms with Gasteiger partial charge in [0.1, 0.15) is 5.76 Å². The van der Waals surface area contributed by atoms with Crippen LogP contribution in [-0.2, 0) is 0 Å². The molecule has 3 amide bonds. The lowest BCUT2D eigenvalue weighted by atomic mass is 10.1. The van der Waals surface area contributed by atoms with Crippen LogP contribution in [0.25, 0.3) is 0 Å². The molecule has 2 heterocycles. The second kappa shape index (κ2) is 4.55. The van der Waals surface area contributed by atoms with Gasteiger partial charge in [0.05, 0.1) is 16.8 Å². The third kappa shape index (κ3) is 1.99. The van der Waals surface area contributed by atoms with Gasteiger partial charge in [0.25, 0.3) is 17.7 Å². The Morgan fingerprint density at radius 3 is 2.71 bits per heavy atom. The Hall–Kier alpha value is -2.96. The van der Waals surface area contributed by atoms with Gasteiger partial charge in [0, 0.05) is 13.1 Å². The van der Waals surface area contributed by atoms with Crippen LogP contribution in [0.15, 0.2) is 28.8 Å². The molecule has 0 unspecified atom stereocenters. The quantitative estimate of drug-likeness (QED) is 0.843. The predicted octanol–water partition coefficient (Wildman–Crippen LogP) is 1.46. The Bertz CT molecular complexity index is 778. The molecule has 0 bridgehead atoms. The fourth-order valence-corrected chi connectivity index (χ4v) is 2.17. The molecule has 3 rings (SSSR count). The van der Waals surface area contributed by atoms with Crippen molar-refractivity contribution in [3.63, 3.8) is 0 Å². The van der Waals surface area contributed by atoms with Crippen LogP contribution in [0, 0.1) is 6.92 Å². The van der Waals surface area contributed by atoms with E-state index in [-0.39, 0.29) is 28.4 Å². The van der Waals surface area contributed by atoms with Crippen LogP contribution in [0.4, 0.5) is 5.69 Å². The second-order valence-electron chi connectivity index (χ2n) is 4.67. The van der Waals surface area contributed by atoms with E-state index < -0.39 is 11.8 Å². The number of imide groups is 1. The molecular weight excluding hydrogens is 274 g/mol. The maximum atomic E-state index is 12.1. The van der Waals surface area contributed by atoms with Crippen molar-refractivity contribution in [3.05, 3.63) is 46.8 Å². The summed E-state index contributed by atoms with van der Waals surface area (Å²) in [6.45, 7) is 1.67. The molecule has 1 aliphatic rings. The van der Waals surface area contributed by atoms with Gasteiger partial charge in [-0.15, -0.1) is 0 Å². The Morgan fingerprint density at radius 2 is 2.05 bits per heavy atom. The maximum Gasteiger partial charge on any atom is 0.277 e. The molecule has 1 N–H and O–H groups in total. The Morgan fingerprint density at radius 1 is 1.29 bits per heavy atom. The molecule has 1 aliphatic heterocycles. The first-order chi connectivity index (χ1) is 9.99. The Kier molecular flexibility index (Phi) is 2.83. The van der Waals surface area contributed by atoms with Gasteiger partial charge in [0.2, 0.25) is 0 Å². The van der Waals surface area contributed by atoms with E-state index in [1.165, 1.54) is 13.1 Å². The number of hydrogen-bond acceptors (Lipinski definition) is 5. The van der Waals surface area contributed by atoms with Crippen molar-refractivity contribution in [2.24, 2.45) is 0 Å². The highest BCUT2D eigenvalue weighted by molar-refractivity contribution is 6.24. The highest BCUT2D eigenvalue weighted by Gasteiger charge is 2.35. The van der Waals surface area contributed by atoms with Crippen LogP contribution in [0.5, 0.6) is 0 Å². The highest BCUT2D eigenvalue weighted by atomic mass is 16.5. The molecule has 7 nitrogen and oxygen atoms in total. The SMILES string of the molecule is Cc1cc(C(=O)Nc2cccc3c2C(=O)N(C)C3=O)no1. The number of benzene rings is 1. The molecule has 1 aromatic heterocycles. The van der Waals surface area contributed by atoms with Crippen LogP contribution >= 0.6 is 0 Å². The fourth-order valence-electron chi connectivity index (χ4n) is 2.17. The first-order valence-electron chi connectivity index (χ1n) is 6.19. The van der Waals surface area contributed by atoms with E-state index in [0.29, 0.717) is 5.76 Å². The normalized spacial score (nSPS) is 13.5. The fraction of sp³-hybridized carbons (Fsp3) is 0.143. The smallest absolute Gasteiger partial charge is 0.277 e. The van der Waals surface area contributed by atoms with Crippen molar-refractivity contribution in [2.75, 3.05) is 12.4 Å². The lowest BCUT2D eigenvalue weighted by molar-refractivity contribution is 0.0693. The molecule has 0 fully saturated rings. The van der Waals surface area contributed by atoms with Crippen LogP contribution in [0.3, 0.4) is 0 Å². The summed E-state index contributed by atoms with van der Waals surface area (Å²) in [4.78, 5) is 37.0. The van der Waals surface area contributed by atoms with Gasteiger partial charge in [-0.05, 0) is 19.1 Å². The second-order valence-corrected chi connectivity index (χ2v) is 4.67. The minimum Gasteiger partial charge on any atom is -0.361 e. The van der Waals surface area contributed by atoms with Crippen LogP contribution in [-0.4, -0.2) is 34.8 Å². The van der Waals surface area contributed by atoms with E-state index in [2.05, 4.69) is 10.5 Å². The van der Waals surface area contributed by atoms with Crippen molar-refractivity contribution in [1.29, 1.82) is 0 Å². The third-order valence-corrected chi connectivity index (χ3v) is 3.23. The van der Waals surface area contributed by atoms with Crippen LogP contribution in [0.2, 0.25) is 0 Å². The van der Waals surface area contributed by atoms with E-state index in [1.807, 2.05) is 0 Å². The molecule has 0 radical (unpaired) electrons. The van der Waals surface area contributed by atoms with Crippen LogP contribution in [0.1, 0.15) is 37.0 Å². The van der Waals surface area contributed by atoms with E-state index in [0.717, 1.165) is 4.90 Å². The molecule has 0 saturated carbocycles. The number of anilines is 1. The van der Waals surface area contributed by atoms with Crippen molar-refractivity contribution < 1.29 is 18.9 Å². The van der Waals surface area contributed by atoms with Gasteiger partial charge < -0.3 is 9.84 Å². The summed E-state index contributed by atoms with van der Waals surface area (Å²) in [6.07, 6.45) is 0. The van der Waals surface area contributed by atoms with E-state index in [4.69, 9.17) is 4.52 Å². The summed E-state index contributed by atoms with van der Waals surface area (Å²) < 4.78 is 4.83. The molecule has 106 valence electrons. The zero-order valence-corrected chi connectivity index (χ0v) is 11.3. The summed E-state index contributed by atoms with van der Waals surface area (Å²) >= 11 is 0. The minimum atomic E-state index is -0.505. The zero-order valence-electron chi connectivity index (χ0n) is 11.3. The van der Waals surface area contributed by atoms with Gasteiger partial charge in [-0.1, -0.05) is 11.2 Å². The monoisotopic (exact) mass is 285 g/mol. The number of carbonyl (C=O) groups is 3. The summed E-state index contributed by atoms with van der Waals surface area (Å²) in [6, 6.07) is 6.20. The topological polar surface area (TPSA) is 92.5 Å². The average molecular weight is 285 g/mol. The number of nitrogens with one attached hydrogen (secondary N) is 1. The molecule has 0 aliphatic carbocycles. The number of nitrogens with zero attached hydrogens (tertiary/aromatic N) is 2.